The molecule has 0 unspecified atom stereocenters. The first-order valence-electron chi connectivity index (χ1n) is 11.2. The molecular weight excluding hydrogens is 495 g/mol. The molecule has 1 fully saturated rings. The predicted octanol–water partition coefficient (Wildman–Crippen LogP) is 5.77. The van der Waals surface area contributed by atoms with Gasteiger partial charge in [-0.25, -0.2) is 0 Å². The highest BCUT2D eigenvalue weighted by Gasteiger charge is 2.43. The number of furan rings is 1. The average molecular weight is 518 g/mol. The van der Waals surface area contributed by atoms with E-state index in [9.17, 15) is 22.8 Å². The highest BCUT2D eigenvalue weighted by atomic mass is 35.5. The first-order valence-corrected chi connectivity index (χ1v) is 11.5. The SMILES string of the molecule is Cc1ccc(-c2ccc(/C=C/C(=O)Nc3ccc(N4CCN(C(=O)C(F)(F)F)CC4)cc3)o2)cc1Cl. The van der Waals surface area contributed by atoms with Gasteiger partial charge in [-0.1, -0.05) is 23.7 Å². The quantitative estimate of drug-likeness (QED) is 0.436. The van der Waals surface area contributed by atoms with Crippen LogP contribution in [0.5, 0.6) is 0 Å². The van der Waals surface area contributed by atoms with E-state index in [-0.39, 0.29) is 32.1 Å². The van der Waals surface area contributed by atoms with Crippen molar-refractivity contribution in [3.63, 3.8) is 0 Å². The summed E-state index contributed by atoms with van der Waals surface area (Å²) < 4.78 is 43.6. The van der Waals surface area contributed by atoms with Crippen LogP contribution in [0.2, 0.25) is 5.02 Å². The summed E-state index contributed by atoms with van der Waals surface area (Å²) in [7, 11) is 0. The van der Waals surface area contributed by atoms with Gasteiger partial charge in [-0.3, -0.25) is 9.59 Å². The lowest BCUT2D eigenvalue weighted by Gasteiger charge is -2.36. The summed E-state index contributed by atoms with van der Waals surface area (Å²) >= 11 is 6.17. The Balaban J connectivity index is 1.30. The van der Waals surface area contributed by atoms with Gasteiger partial charge < -0.3 is 19.5 Å². The number of rotatable bonds is 5. The van der Waals surface area contributed by atoms with E-state index in [0.717, 1.165) is 21.7 Å². The molecule has 10 heteroatoms. The van der Waals surface area contributed by atoms with E-state index in [2.05, 4.69) is 5.32 Å². The number of nitrogens with one attached hydrogen (secondary N) is 1. The molecule has 0 atom stereocenters. The van der Waals surface area contributed by atoms with Gasteiger partial charge in [-0.15, -0.1) is 0 Å². The molecule has 4 rings (SSSR count). The molecule has 0 spiro atoms. The molecule has 2 aromatic carbocycles. The summed E-state index contributed by atoms with van der Waals surface area (Å²) in [6, 6.07) is 16.1. The van der Waals surface area contributed by atoms with E-state index >= 15 is 0 Å². The molecule has 0 aliphatic carbocycles. The van der Waals surface area contributed by atoms with Crippen molar-refractivity contribution in [2.45, 2.75) is 13.1 Å². The van der Waals surface area contributed by atoms with Gasteiger partial charge in [0.2, 0.25) is 5.91 Å². The van der Waals surface area contributed by atoms with E-state index in [1.807, 2.05) is 30.0 Å². The Kier molecular flexibility index (Phi) is 7.40. The molecule has 1 N–H and O–H groups in total. The predicted molar refractivity (Wildman–Crippen MR) is 133 cm³/mol. The number of halogens is 4. The zero-order valence-corrected chi connectivity index (χ0v) is 20.1. The minimum absolute atomic E-state index is 0.00687. The monoisotopic (exact) mass is 517 g/mol. The van der Waals surface area contributed by atoms with Crippen LogP contribution in [0, 0.1) is 6.92 Å². The summed E-state index contributed by atoms with van der Waals surface area (Å²) in [5, 5.41) is 3.40. The molecule has 0 saturated carbocycles. The number of aryl methyl sites for hydroxylation is 1. The summed E-state index contributed by atoms with van der Waals surface area (Å²) in [4.78, 5) is 26.4. The molecule has 1 saturated heterocycles. The second kappa shape index (κ2) is 10.5. The molecule has 0 radical (unpaired) electrons. The van der Waals surface area contributed by atoms with Crippen LogP contribution in [-0.2, 0) is 9.59 Å². The number of carbonyl (C=O) groups is 2. The number of amides is 2. The van der Waals surface area contributed by atoms with Crippen molar-refractivity contribution in [3.05, 3.63) is 77.0 Å². The number of anilines is 2. The van der Waals surface area contributed by atoms with Crippen molar-refractivity contribution in [1.82, 2.24) is 4.90 Å². The highest BCUT2D eigenvalue weighted by Crippen LogP contribution is 2.27. The van der Waals surface area contributed by atoms with Crippen molar-refractivity contribution in [1.29, 1.82) is 0 Å². The van der Waals surface area contributed by atoms with Crippen LogP contribution in [-0.4, -0.2) is 49.1 Å². The molecule has 6 nitrogen and oxygen atoms in total. The number of benzene rings is 2. The van der Waals surface area contributed by atoms with Crippen LogP contribution in [0.1, 0.15) is 11.3 Å². The van der Waals surface area contributed by atoms with Gasteiger partial charge in [-0.2, -0.15) is 13.2 Å². The first kappa shape index (κ1) is 25.4. The Bertz CT molecular complexity index is 1280. The Hall–Kier alpha value is -3.72. The molecule has 1 aliphatic rings. The highest BCUT2D eigenvalue weighted by molar-refractivity contribution is 6.31. The maximum atomic E-state index is 12.6. The van der Waals surface area contributed by atoms with Gasteiger partial charge in [0, 0.05) is 54.2 Å². The largest absolute Gasteiger partial charge is 0.471 e. The van der Waals surface area contributed by atoms with Crippen molar-refractivity contribution in [3.8, 4) is 11.3 Å². The van der Waals surface area contributed by atoms with Gasteiger partial charge in [-0.05, 0) is 61.0 Å². The molecular formula is C26H23ClF3N3O3. The van der Waals surface area contributed by atoms with Gasteiger partial charge in [0.1, 0.15) is 11.5 Å². The van der Waals surface area contributed by atoms with Gasteiger partial charge in [0.15, 0.2) is 0 Å². The lowest BCUT2D eigenvalue weighted by Crippen LogP contribution is -2.52. The Morgan fingerprint density at radius 1 is 1.00 bits per heavy atom. The lowest BCUT2D eigenvalue weighted by molar-refractivity contribution is -0.185. The zero-order chi connectivity index (χ0) is 25.9. The van der Waals surface area contributed by atoms with Gasteiger partial charge in [0.05, 0.1) is 0 Å². The molecule has 2 amide bonds. The number of nitrogens with zero attached hydrogens (tertiary/aromatic N) is 2. The molecule has 3 aromatic rings. The zero-order valence-electron chi connectivity index (χ0n) is 19.3. The standard InChI is InChI=1S/C26H23ClF3N3O3/c1-17-2-3-18(16-22(17)27)23-10-8-21(36-23)9-11-24(34)31-19-4-6-20(7-5-19)32-12-14-33(15-13-32)25(35)26(28,29)30/h2-11,16H,12-15H2,1H3,(H,31,34)/b11-9+. The first-order chi connectivity index (χ1) is 17.1. The number of piperazine rings is 1. The molecule has 36 heavy (non-hydrogen) atoms. The number of alkyl halides is 3. The van der Waals surface area contributed by atoms with E-state index in [1.165, 1.54) is 6.08 Å². The van der Waals surface area contributed by atoms with E-state index in [0.29, 0.717) is 22.2 Å². The summed E-state index contributed by atoms with van der Waals surface area (Å²) in [6.45, 7) is 2.48. The molecule has 1 aliphatic heterocycles. The number of hydrogen-bond donors (Lipinski definition) is 1. The normalized spacial score (nSPS) is 14.4. The van der Waals surface area contributed by atoms with Crippen LogP contribution >= 0.6 is 11.6 Å². The molecule has 0 bridgehead atoms. The fraction of sp³-hybridized carbons (Fsp3) is 0.231. The van der Waals surface area contributed by atoms with Crippen LogP contribution in [0.15, 0.2) is 65.1 Å². The minimum atomic E-state index is -4.86. The van der Waals surface area contributed by atoms with Crippen molar-refractivity contribution in [2.24, 2.45) is 0 Å². The van der Waals surface area contributed by atoms with Crippen molar-refractivity contribution < 1.29 is 27.2 Å². The Labute approximate surface area is 210 Å². The number of hydrogen-bond acceptors (Lipinski definition) is 4. The van der Waals surface area contributed by atoms with Crippen molar-refractivity contribution >= 4 is 40.9 Å². The topological polar surface area (TPSA) is 65.8 Å². The maximum Gasteiger partial charge on any atom is 0.471 e. The second-order valence-corrected chi connectivity index (χ2v) is 8.72. The molecule has 1 aromatic heterocycles. The van der Waals surface area contributed by atoms with E-state index < -0.39 is 12.1 Å². The Morgan fingerprint density at radius 3 is 2.33 bits per heavy atom. The average Bonchev–Trinajstić information content (AvgIpc) is 3.33. The lowest BCUT2D eigenvalue weighted by atomic mass is 10.1. The minimum Gasteiger partial charge on any atom is -0.457 e. The smallest absolute Gasteiger partial charge is 0.457 e. The van der Waals surface area contributed by atoms with Crippen LogP contribution in [0.3, 0.4) is 0 Å². The summed E-state index contributed by atoms with van der Waals surface area (Å²) in [5.41, 5.74) is 3.16. The molecule has 2 heterocycles. The maximum absolute atomic E-state index is 12.6. The van der Waals surface area contributed by atoms with Crippen LogP contribution in [0.4, 0.5) is 24.5 Å². The molecule has 188 valence electrons. The van der Waals surface area contributed by atoms with Gasteiger partial charge in [0.25, 0.3) is 0 Å². The third-order valence-electron chi connectivity index (χ3n) is 5.79. The van der Waals surface area contributed by atoms with Crippen LogP contribution in [0.25, 0.3) is 17.4 Å². The Morgan fingerprint density at radius 2 is 1.69 bits per heavy atom. The van der Waals surface area contributed by atoms with Crippen molar-refractivity contribution in [2.75, 3.05) is 36.4 Å². The summed E-state index contributed by atoms with van der Waals surface area (Å²) in [5.74, 6) is -1.01. The van der Waals surface area contributed by atoms with E-state index in [4.69, 9.17) is 16.0 Å². The summed E-state index contributed by atoms with van der Waals surface area (Å²) in [6.07, 6.45) is -1.94. The van der Waals surface area contributed by atoms with E-state index in [1.54, 1.807) is 42.5 Å². The fourth-order valence-corrected chi connectivity index (χ4v) is 3.97. The fourth-order valence-electron chi connectivity index (χ4n) is 3.79. The van der Waals surface area contributed by atoms with Gasteiger partial charge >= 0.3 is 12.1 Å². The second-order valence-electron chi connectivity index (χ2n) is 8.31. The van der Waals surface area contributed by atoms with Crippen LogP contribution < -0.4 is 10.2 Å². The third-order valence-corrected chi connectivity index (χ3v) is 6.20. The number of carbonyl (C=O) groups excluding carboxylic acids is 2. The third kappa shape index (κ3) is 6.09.